The largest absolute Gasteiger partial charge is 0.444 e. The maximum atomic E-state index is 12.4. The topological polar surface area (TPSA) is 79.3 Å². The lowest BCUT2D eigenvalue weighted by atomic mass is 10.2. The van der Waals surface area contributed by atoms with Gasteiger partial charge in [0.2, 0.25) is 0 Å². The molecule has 0 aromatic carbocycles. The Kier molecular flexibility index (Phi) is 9.08. The summed E-state index contributed by atoms with van der Waals surface area (Å²) in [4.78, 5) is 27.9. The zero-order chi connectivity index (χ0) is 20.4. The van der Waals surface area contributed by atoms with Crippen LogP contribution in [0.25, 0.3) is 0 Å². The molecule has 1 heterocycles. The molecule has 1 N–H and O–H groups in total. The molecule has 2 unspecified atom stereocenters. The number of ether oxygens (including phenoxy) is 2. The number of carbonyl (C=O) groups is 2. The van der Waals surface area contributed by atoms with Crippen molar-refractivity contribution in [2.75, 3.05) is 26.2 Å². The Labute approximate surface area is 161 Å². The molecule has 0 spiro atoms. The molecular weight excluding hydrogens is 348 g/mol. The Morgan fingerprint density at radius 1 is 1.37 bits per heavy atom. The highest BCUT2D eigenvalue weighted by Gasteiger charge is 2.35. The molecule has 0 saturated carbocycles. The van der Waals surface area contributed by atoms with E-state index in [1.807, 2.05) is 0 Å². The Morgan fingerprint density at radius 2 is 2.07 bits per heavy atom. The standard InChI is InChI=1S/C20H32N2O5/c1-6-8-10-17(9-7-2)26-18(24)21-12-11-16(15-21)22(13-14-23)19(25)27-20(3,4)5/h6-8,10,16-17,23H,1-2,9,11-15H2,3-5H3. The molecule has 27 heavy (non-hydrogen) atoms. The van der Waals surface area contributed by atoms with E-state index in [-0.39, 0.29) is 19.2 Å². The zero-order valence-electron chi connectivity index (χ0n) is 16.6. The molecular formula is C20H32N2O5. The van der Waals surface area contributed by atoms with E-state index >= 15 is 0 Å². The quantitative estimate of drug-likeness (QED) is 0.517. The fourth-order valence-corrected chi connectivity index (χ4v) is 2.75. The van der Waals surface area contributed by atoms with Gasteiger partial charge >= 0.3 is 12.2 Å². The molecule has 1 aliphatic heterocycles. The SMILES string of the molecule is C=CC=CC(CC=C)OC(=O)N1CCC(N(CCO)C(=O)OC(C)(C)C)C1. The third-order valence-electron chi connectivity index (χ3n) is 3.94. The Balaban J connectivity index is 2.71. The number of likely N-dealkylation sites (tertiary alicyclic amines) is 1. The fraction of sp³-hybridized carbons (Fsp3) is 0.600. The van der Waals surface area contributed by atoms with Crippen LogP contribution in [0.4, 0.5) is 9.59 Å². The summed E-state index contributed by atoms with van der Waals surface area (Å²) in [6, 6.07) is -0.221. The minimum atomic E-state index is -0.628. The van der Waals surface area contributed by atoms with Crippen molar-refractivity contribution < 1.29 is 24.2 Å². The first-order valence-corrected chi connectivity index (χ1v) is 9.18. The lowest BCUT2D eigenvalue weighted by molar-refractivity contribution is 0.0126. The van der Waals surface area contributed by atoms with Crippen molar-refractivity contribution in [3.63, 3.8) is 0 Å². The highest BCUT2D eigenvalue weighted by molar-refractivity contribution is 5.70. The van der Waals surface area contributed by atoms with Gasteiger partial charge in [0.05, 0.1) is 12.6 Å². The van der Waals surface area contributed by atoms with E-state index in [0.29, 0.717) is 25.9 Å². The van der Waals surface area contributed by atoms with Crippen LogP contribution >= 0.6 is 0 Å². The van der Waals surface area contributed by atoms with E-state index in [4.69, 9.17) is 9.47 Å². The molecule has 7 heteroatoms. The summed E-state index contributed by atoms with van der Waals surface area (Å²) in [7, 11) is 0. The summed E-state index contributed by atoms with van der Waals surface area (Å²) in [5, 5.41) is 9.30. The summed E-state index contributed by atoms with van der Waals surface area (Å²) < 4.78 is 10.9. The second kappa shape index (κ2) is 10.8. The summed E-state index contributed by atoms with van der Waals surface area (Å²) in [6.45, 7) is 13.4. The number of hydrogen-bond donors (Lipinski definition) is 1. The van der Waals surface area contributed by atoms with Crippen LogP contribution < -0.4 is 0 Å². The van der Waals surface area contributed by atoms with Crippen LogP contribution in [-0.4, -0.2) is 71.1 Å². The minimum absolute atomic E-state index is 0.156. The molecule has 1 saturated heterocycles. The van der Waals surface area contributed by atoms with Crippen LogP contribution in [-0.2, 0) is 9.47 Å². The van der Waals surface area contributed by atoms with Crippen LogP contribution in [0.5, 0.6) is 0 Å². The first kappa shape index (κ1) is 22.8. The predicted octanol–water partition coefficient (Wildman–Crippen LogP) is 3.11. The third-order valence-corrected chi connectivity index (χ3v) is 3.94. The summed E-state index contributed by atoms with van der Waals surface area (Å²) in [6.07, 6.45) is 6.53. The number of aliphatic hydroxyl groups is 1. The predicted molar refractivity (Wildman–Crippen MR) is 104 cm³/mol. The van der Waals surface area contributed by atoms with Crippen molar-refractivity contribution in [1.82, 2.24) is 9.80 Å². The third kappa shape index (κ3) is 7.86. The second-order valence-corrected chi connectivity index (χ2v) is 7.35. The molecule has 0 aliphatic carbocycles. The summed E-state index contributed by atoms with van der Waals surface area (Å²) in [5.74, 6) is 0. The van der Waals surface area contributed by atoms with Gasteiger partial charge in [0.1, 0.15) is 11.7 Å². The molecule has 1 rings (SSSR count). The number of hydrogen-bond acceptors (Lipinski definition) is 5. The number of rotatable bonds is 8. The van der Waals surface area contributed by atoms with Crippen LogP contribution in [0.15, 0.2) is 37.5 Å². The van der Waals surface area contributed by atoms with Crippen molar-refractivity contribution in [3.8, 4) is 0 Å². The van der Waals surface area contributed by atoms with Crippen LogP contribution in [0.3, 0.4) is 0 Å². The van der Waals surface area contributed by atoms with Gasteiger partial charge in [0.25, 0.3) is 0 Å². The van der Waals surface area contributed by atoms with Gasteiger partial charge in [-0.2, -0.15) is 0 Å². The monoisotopic (exact) mass is 380 g/mol. The van der Waals surface area contributed by atoms with E-state index in [1.54, 1.807) is 50.0 Å². The van der Waals surface area contributed by atoms with Crippen molar-refractivity contribution >= 4 is 12.2 Å². The Hall–Kier alpha value is -2.28. The van der Waals surface area contributed by atoms with E-state index in [2.05, 4.69) is 13.2 Å². The number of allylic oxidation sites excluding steroid dienone is 2. The average Bonchev–Trinajstić information content (AvgIpc) is 3.05. The molecule has 2 amide bonds. The smallest absolute Gasteiger partial charge is 0.410 e. The molecule has 1 fully saturated rings. The van der Waals surface area contributed by atoms with E-state index < -0.39 is 23.9 Å². The summed E-state index contributed by atoms with van der Waals surface area (Å²) in [5.41, 5.74) is -0.628. The number of amides is 2. The number of aliphatic hydroxyl groups excluding tert-OH is 1. The van der Waals surface area contributed by atoms with Gasteiger partial charge in [0.15, 0.2) is 0 Å². The second-order valence-electron chi connectivity index (χ2n) is 7.35. The molecule has 0 aromatic heterocycles. The van der Waals surface area contributed by atoms with Crippen LogP contribution in [0.1, 0.15) is 33.6 Å². The molecule has 0 bridgehead atoms. The molecule has 0 aromatic rings. The maximum absolute atomic E-state index is 12.4. The number of carbonyl (C=O) groups excluding carboxylic acids is 2. The summed E-state index contributed by atoms with van der Waals surface area (Å²) >= 11 is 0. The molecule has 7 nitrogen and oxygen atoms in total. The van der Waals surface area contributed by atoms with Gasteiger partial charge in [-0.25, -0.2) is 9.59 Å². The van der Waals surface area contributed by atoms with Gasteiger partial charge in [0, 0.05) is 26.1 Å². The van der Waals surface area contributed by atoms with E-state index in [1.165, 1.54) is 4.90 Å². The zero-order valence-corrected chi connectivity index (χ0v) is 16.6. The molecule has 2 atom stereocenters. The Morgan fingerprint density at radius 3 is 2.63 bits per heavy atom. The van der Waals surface area contributed by atoms with Crippen LogP contribution in [0, 0.1) is 0 Å². The first-order chi connectivity index (χ1) is 12.7. The fourth-order valence-electron chi connectivity index (χ4n) is 2.75. The Bertz CT molecular complexity index is 553. The van der Waals surface area contributed by atoms with E-state index in [0.717, 1.165) is 0 Å². The molecule has 0 radical (unpaired) electrons. The highest BCUT2D eigenvalue weighted by atomic mass is 16.6. The van der Waals surface area contributed by atoms with Crippen molar-refractivity contribution in [3.05, 3.63) is 37.5 Å². The highest BCUT2D eigenvalue weighted by Crippen LogP contribution is 2.20. The van der Waals surface area contributed by atoms with Gasteiger partial charge in [-0.05, 0) is 33.3 Å². The van der Waals surface area contributed by atoms with Gasteiger partial charge < -0.3 is 24.4 Å². The van der Waals surface area contributed by atoms with E-state index in [9.17, 15) is 14.7 Å². The van der Waals surface area contributed by atoms with Crippen LogP contribution in [0.2, 0.25) is 0 Å². The first-order valence-electron chi connectivity index (χ1n) is 9.18. The van der Waals surface area contributed by atoms with Gasteiger partial charge in [-0.3, -0.25) is 0 Å². The van der Waals surface area contributed by atoms with Gasteiger partial charge in [-0.15, -0.1) is 6.58 Å². The lowest BCUT2D eigenvalue weighted by Gasteiger charge is -2.31. The van der Waals surface area contributed by atoms with Crippen molar-refractivity contribution in [1.29, 1.82) is 0 Å². The average molecular weight is 380 g/mol. The van der Waals surface area contributed by atoms with Crippen molar-refractivity contribution in [2.24, 2.45) is 0 Å². The van der Waals surface area contributed by atoms with Gasteiger partial charge in [-0.1, -0.05) is 24.8 Å². The lowest BCUT2D eigenvalue weighted by Crippen LogP contribution is -2.46. The molecule has 152 valence electrons. The van der Waals surface area contributed by atoms with Crippen molar-refractivity contribution in [2.45, 2.75) is 51.4 Å². The number of nitrogens with zero attached hydrogens (tertiary/aromatic N) is 2. The maximum Gasteiger partial charge on any atom is 0.410 e. The normalized spacial score (nSPS) is 18.2. The minimum Gasteiger partial charge on any atom is -0.444 e. The molecule has 1 aliphatic rings.